The molecule has 4 aliphatic heterocycles. The van der Waals surface area contributed by atoms with Gasteiger partial charge in [-0.3, -0.25) is 0 Å². The minimum Gasteiger partial charge on any atom is -0.365 e. The molecule has 0 spiro atoms. The van der Waals surface area contributed by atoms with Gasteiger partial charge in [-0.25, -0.2) is 0 Å². The van der Waals surface area contributed by atoms with Gasteiger partial charge in [0.25, 0.3) is 0 Å². The number of anilines is 1. The van der Waals surface area contributed by atoms with Gasteiger partial charge in [-0.05, 0) is 57.6 Å². The van der Waals surface area contributed by atoms with Crippen molar-refractivity contribution in [3.63, 3.8) is 0 Å². The van der Waals surface area contributed by atoms with Gasteiger partial charge in [-0.1, -0.05) is 17.7 Å². The fraction of sp³-hybridized carbons (Fsp3) is 0.647. The zero-order valence-electron chi connectivity index (χ0n) is 12.2. The molecule has 102 valence electrons. The molecule has 0 unspecified atom stereocenters. The summed E-state index contributed by atoms with van der Waals surface area (Å²) in [4.78, 5) is 2.79. The number of piperidine rings is 4. The fourth-order valence-corrected chi connectivity index (χ4v) is 5.00. The summed E-state index contributed by atoms with van der Waals surface area (Å²) in [5.74, 6) is 0. The topological polar surface area (TPSA) is 15.3 Å². The summed E-state index contributed by atoms with van der Waals surface area (Å²) < 4.78 is 0. The van der Waals surface area contributed by atoms with Gasteiger partial charge in [-0.15, -0.1) is 0 Å². The van der Waals surface area contributed by atoms with Gasteiger partial charge >= 0.3 is 0 Å². The van der Waals surface area contributed by atoms with E-state index in [2.05, 4.69) is 43.1 Å². The Balaban J connectivity index is 1.77. The number of nitrogens with one attached hydrogen (secondary N) is 1. The Morgan fingerprint density at radius 1 is 0.895 bits per heavy atom. The van der Waals surface area contributed by atoms with Crippen molar-refractivity contribution in [1.29, 1.82) is 0 Å². The molecule has 5 rings (SSSR count). The Labute approximate surface area is 116 Å². The van der Waals surface area contributed by atoms with E-state index < -0.39 is 0 Å². The smallest absolute Gasteiger partial charge is 0.0430 e. The van der Waals surface area contributed by atoms with Crippen molar-refractivity contribution in [1.82, 2.24) is 5.32 Å². The molecular formula is C17H24N2. The quantitative estimate of drug-likeness (QED) is 0.830. The van der Waals surface area contributed by atoms with Gasteiger partial charge < -0.3 is 10.2 Å². The molecule has 0 aromatic heterocycles. The van der Waals surface area contributed by atoms with Crippen LogP contribution in [0.5, 0.6) is 0 Å². The molecule has 0 radical (unpaired) electrons. The molecule has 4 heterocycles. The second-order valence-electron chi connectivity index (χ2n) is 6.97. The van der Waals surface area contributed by atoms with Gasteiger partial charge in [-0.2, -0.15) is 0 Å². The molecule has 1 aromatic carbocycles. The standard InChI is InChI=1S/C17H24N2/c1-10-4-11(2)17(12(3)5-10)19-15-6-13-7-16(19)9-14(8-15)18-13/h4-5,13-16,18H,6-9H2,1-3H3. The Kier molecular flexibility index (Phi) is 2.47. The molecule has 1 N–H and O–H groups in total. The second kappa shape index (κ2) is 3.99. The number of hydrogen-bond donors (Lipinski definition) is 1. The van der Waals surface area contributed by atoms with Crippen LogP contribution in [-0.4, -0.2) is 24.2 Å². The average molecular weight is 256 g/mol. The van der Waals surface area contributed by atoms with Crippen LogP contribution in [0, 0.1) is 20.8 Å². The number of rotatable bonds is 1. The van der Waals surface area contributed by atoms with Gasteiger partial charge in [0.05, 0.1) is 0 Å². The molecule has 4 fully saturated rings. The lowest BCUT2D eigenvalue weighted by Crippen LogP contribution is -2.68. The van der Waals surface area contributed by atoms with E-state index in [1.165, 1.54) is 42.4 Å². The van der Waals surface area contributed by atoms with Crippen LogP contribution in [0.4, 0.5) is 5.69 Å². The first-order valence-corrected chi connectivity index (χ1v) is 7.74. The zero-order valence-corrected chi connectivity index (χ0v) is 12.2. The Bertz CT molecular complexity index is 469. The molecule has 0 amide bonds. The number of hydrogen-bond acceptors (Lipinski definition) is 2. The van der Waals surface area contributed by atoms with Gasteiger partial charge in [0, 0.05) is 29.9 Å². The molecule has 0 aliphatic carbocycles. The van der Waals surface area contributed by atoms with Gasteiger partial charge in [0.2, 0.25) is 0 Å². The maximum Gasteiger partial charge on any atom is 0.0430 e. The molecule has 1 aromatic rings. The van der Waals surface area contributed by atoms with E-state index in [4.69, 9.17) is 0 Å². The van der Waals surface area contributed by atoms with E-state index in [-0.39, 0.29) is 0 Å². The van der Waals surface area contributed by atoms with E-state index in [0.717, 1.165) is 24.2 Å². The Morgan fingerprint density at radius 3 is 1.84 bits per heavy atom. The summed E-state index contributed by atoms with van der Waals surface area (Å²) in [6.07, 6.45) is 5.39. The minimum absolute atomic E-state index is 0.781. The molecule has 2 heteroatoms. The highest BCUT2D eigenvalue weighted by atomic mass is 15.3. The van der Waals surface area contributed by atoms with Crippen LogP contribution in [0.15, 0.2) is 12.1 Å². The first kappa shape index (κ1) is 11.8. The van der Waals surface area contributed by atoms with E-state index >= 15 is 0 Å². The summed E-state index contributed by atoms with van der Waals surface area (Å²) in [6.45, 7) is 6.79. The van der Waals surface area contributed by atoms with Crippen LogP contribution in [0.2, 0.25) is 0 Å². The first-order valence-electron chi connectivity index (χ1n) is 7.74. The summed E-state index contributed by atoms with van der Waals surface area (Å²) in [6, 6.07) is 7.86. The number of nitrogens with zero attached hydrogens (tertiary/aromatic N) is 1. The van der Waals surface area contributed by atoms with Crippen LogP contribution in [0.25, 0.3) is 0 Å². The predicted molar refractivity (Wildman–Crippen MR) is 79.9 cm³/mol. The molecule has 4 saturated heterocycles. The highest BCUT2D eigenvalue weighted by Gasteiger charge is 2.47. The van der Waals surface area contributed by atoms with Crippen molar-refractivity contribution in [2.75, 3.05) is 4.90 Å². The third kappa shape index (κ3) is 1.73. The fourth-order valence-electron chi connectivity index (χ4n) is 5.00. The summed E-state index contributed by atoms with van der Waals surface area (Å²) >= 11 is 0. The lowest BCUT2D eigenvalue weighted by Gasteiger charge is -2.58. The number of benzene rings is 1. The predicted octanol–water partition coefficient (Wildman–Crippen LogP) is 3.08. The third-order valence-corrected chi connectivity index (χ3v) is 5.38. The Hall–Kier alpha value is -1.02. The monoisotopic (exact) mass is 256 g/mol. The van der Waals surface area contributed by atoms with Crippen molar-refractivity contribution in [2.24, 2.45) is 0 Å². The van der Waals surface area contributed by atoms with Crippen molar-refractivity contribution < 1.29 is 0 Å². The van der Waals surface area contributed by atoms with Crippen molar-refractivity contribution in [2.45, 2.75) is 70.6 Å². The summed E-state index contributed by atoms with van der Waals surface area (Å²) in [7, 11) is 0. The molecule has 0 saturated carbocycles. The molecule has 4 bridgehead atoms. The first-order chi connectivity index (χ1) is 9.11. The van der Waals surface area contributed by atoms with Crippen molar-refractivity contribution in [3.8, 4) is 0 Å². The normalized spacial score (nSPS) is 36.1. The minimum atomic E-state index is 0.781. The van der Waals surface area contributed by atoms with E-state index in [1.807, 2.05) is 0 Å². The van der Waals surface area contributed by atoms with Gasteiger partial charge in [0.1, 0.15) is 0 Å². The van der Waals surface area contributed by atoms with Gasteiger partial charge in [0.15, 0.2) is 0 Å². The van der Waals surface area contributed by atoms with E-state index in [9.17, 15) is 0 Å². The summed E-state index contributed by atoms with van der Waals surface area (Å²) in [5, 5.41) is 3.80. The second-order valence-corrected chi connectivity index (χ2v) is 6.97. The largest absolute Gasteiger partial charge is 0.365 e. The SMILES string of the molecule is Cc1cc(C)c(N2C3CC4CC2CC(C3)N4)c(C)c1. The molecule has 0 atom stereocenters. The molecule has 2 nitrogen and oxygen atoms in total. The highest BCUT2D eigenvalue weighted by Crippen LogP contribution is 2.43. The van der Waals surface area contributed by atoms with Crippen LogP contribution < -0.4 is 10.2 Å². The molecular weight excluding hydrogens is 232 g/mol. The van der Waals surface area contributed by atoms with Crippen LogP contribution in [-0.2, 0) is 0 Å². The maximum absolute atomic E-state index is 3.80. The lowest BCUT2D eigenvalue weighted by atomic mass is 9.74. The van der Waals surface area contributed by atoms with Crippen LogP contribution in [0.3, 0.4) is 0 Å². The lowest BCUT2D eigenvalue weighted by molar-refractivity contribution is 0.134. The third-order valence-electron chi connectivity index (χ3n) is 5.38. The maximum atomic E-state index is 3.80. The number of aryl methyl sites for hydroxylation is 3. The van der Waals surface area contributed by atoms with Crippen LogP contribution >= 0.6 is 0 Å². The zero-order chi connectivity index (χ0) is 13.1. The van der Waals surface area contributed by atoms with E-state index in [0.29, 0.717) is 0 Å². The highest BCUT2D eigenvalue weighted by molar-refractivity contribution is 5.62. The Morgan fingerprint density at radius 2 is 1.37 bits per heavy atom. The molecule has 19 heavy (non-hydrogen) atoms. The van der Waals surface area contributed by atoms with Crippen LogP contribution in [0.1, 0.15) is 42.4 Å². The molecule has 4 aliphatic rings. The summed E-state index contributed by atoms with van der Waals surface area (Å²) in [5.41, 5.74) is 5.88. The van der Waals surface area contributed by atoms with Crippen molar-refractivity contribution >= 4 is 5.69 Å². The average Bonchev–Trinajstić information content (AvgIpc) is 2.30. The van der Waals surface area contributed by atoms with Crippen molar-refractivity contribution in [3.05, 3.63) is 28.8 Å². The van der Waals surface area contributed by atoms with E-state index in [1.54, 1.807) is 5.69 Å².